The normalized spacial score (nSPS) is 11.4. The number of hydrazone groups is 1. The Morgan fingerprint density at radius 1 is 1.32 bits per heavy atom. The average molecular weight is 477 g/mol. The molecule has 0 saturated carbocycles. The minimum absolute atomic E-state index is 0.0102. The van der Waals surface area contributed by atoms with Crippen molar-refractivity contribution in [3.05, 3.63) is 55.6 Å². The molecule has 2 N–H and O–H groups in total. The second kappa shape index (κ2) is 7.65. The Labute approximate surface area is 156 Å². The third kappa shape index (κ3) is 4.57. The first-order valence-electron chi connectivity index (χ1n) is 6.60. The van der Waals surface area contributed by atoms with Crippen molar-refractivity contribution in [1.29, 1.82) is 0 Å². The van der Waals surface area contributed by atoms with E-state index in [9.17, 15) is 23.6 Å². The number of halogens is 1. The van der Waals surface area contributed by atoms with Crippen LogP contribution in [0.3, 0.4) is 0 Å². The van der Waals surface area contributed by atoms with Gasteiger partial charge in [0.1, 0.15) is 5.75 Å². The lowest BCUT2D eigenvalue weighted by molar-refractivity contribution is -0.386. The number of hydrogen-bond donors (Lipinski definition) is 2. The van der Waals surface area contributed by atoms with Crippen molar-refractivity contribution < 1.29 is 23.2 Å². The number of nitrogens with zero attached hydrogens (tertiary/aromatic N) is 2. The molecule has 0 heterocycles. The van der Waals surface area contributed by atoms with Gasteiger partial charge in [0.15, 0.2) is 0 Å². The van der Waals surface area contributed by atoms with Gasteiger partial charge >= 0.3 is 5.69 Å². The maximum Gasteiger partial charge on any atom is 0.312 e. The lowest BCUT2D eigenvalue weighted by Crippen LogP contribution is -2.18. The van der Waals surface area contributed by atoms with Crippen LogP contribution in [0.2, 0.25) is 0 Å². The Balaban J connectivity index is 2.24. The molecule has 0 radical (unpaired) electrons. The Morgan fingerprint density at radius 3 is 2.52 bits per heavy atom. The van der Waals surface area contributed by atoms with Gasteiger partial charge in [0.25, 0.3) is 10.0 Å². The van der Waals surface area contributed by atoms with Crippen LogP contribution >= 0.6 is 22.6 Å². The average Bonchev–Trinajstić information content (AvgIpc) is 2.57. The molecule has 0 aliphatic heterocycles. The van der Waals surface area contributed by atoms with Gasteiger partial charge in [0, 0.05) is 15.2 Å². The molecule has 0 amide bonds. The standard InChI is InChI=1S/C14H12IN3O6S/c1-24-11-2-4-12(5-3-11)25(22,23)17-16-8-9-6-10(15)7-13(14(9)19)18(20)21/h2-8,17,19H,1H3/b16-8-. The van der Waals surface area contributed by atoms with Crippen LogP contribution in [0.5, 0.6) is 11.5 Å². The van der Waals surface area contributed by atoms with Crippen LogP contribution in [0.1, 0.15) is 5.56 Å². The largest absolute Gasteiger partial charge is 0.502 e. The van der Waals surface area contributed by atoms with Crippen molar-refractivity contribution in [2.45, 2.75) is 4.90 Å². The molecule has 2 aromatic rings. The summed E-state index contributed by atoms with van der Waals surface area (Å²) in [6, 6.07) is 8.25. The highest BCUT2D eigenvalue weighted by Gasteiger charge is 2.18. The molecule has 9 nitrogen and oxygen atoms in total. The number of ether oxygens (including phenoxy) is 1. The third-order valence-corrected chi connectivity index (χ3v) is 4.89. The molecule has 0 bridgehead atoms. The SMILES string of the molecule is COc1ccc(S(=O)(=O)N/N=C\c2cc(I)cc([N+](=O)[O-])c2O)cc1. The molecule has 0 atom stereocenters. The minimum atomic E-state index is -3.93. The number of nitrogens with one attached hydrogen (secondary N) is 1. The molecule has 0 spiro atoms. The Morgan fingerprint density at radius 2 is 1.96 bits per heavy atom. The number of benzene rings is 2. The fourth-order valence-corrected chi connectivity index (χ4v) is 3.24. The number of aromatic hydroxyl groups is 1. The van der Waals surface area contributed by atoms with Gasteiger partial charge in [-0.1, -0.05) is 0 Å². The number of sulfonamides is 1. The van der Waals surface area contributed by atoms with Crippen LogP contribution < -0.4 is 9.57 Å². The highest BCUT2D eigenvalue weighted by molar-refractivity contribution is 14.1. The maximum atomic E-state index is 12.1. The van der Waals surface area contributed by atoms with Crippen molar-refractivity contribution in [2.75, 3.05) is 7.11 Å². The van der Waals surface area contributed by atoms with Crippen molar-refractivity contribution in [1.82, 2.24) is 4.83 Å². The molecule has 132 valence electrons. The zero-order chi connectivity index (χ0) is 18.6. The predicted molar refractivity (Wildman–Crippen MR) is 98.4 cm³/mol. The molecular weight excluding hydrogens is 465 g/mol. The smallest absolute Gasteiger partial charge is 0.312 e. The molecule has 0 fully saturated rings. The summed E-state index contributed by atoms with van der Waals surface area (Å²) in [6.45, 7) is 0. The van der Waals surface area contributed by atoms with E-state index in [1.165, 1.54) is 43.5 Å². The summed E-state index contributed by atoms with van der Waals surface area (Å²) in [4.78, 5) is 12.1. The summed E-state index contributed by atoms with van der Waals surface area (Å²) < 4.78 is 29.7. The fraction of sp³-hybridized carbons (Fsp3) is 0.0714. The lowest BCUT2D eigenvalue weighted by atomic mass is 10.2. The molecule has 11 heteroatoms. The van der Waals surface area contributed by atoms with E-state index in [4.69, 9.17) is 4.74 Å². The van der Waals surface area contributed by atoms with Crippen LogP contribution in [0.15, 0.2) is 46.4 Å². The summed E-state index contributed by atoms with van der Waals surface area (Å²) in [5, 5.41) is 24.3. The van der Waals surface area contributed by atoms with Crippen molar-refractivity contribution in [3.63, 3.8) is 0 Å². The quantitative estimate of drug-likeness (QED) is 0.284. The molecule has 2 rings (SSSR count). The molecule has 0 aliphatic carbocycles. The molecular formula is C14H12IN3O6S. The van der Waals surface area contributed by atoms with E-state index in [2.05, 4.69) is 5.10 Å². The van der Waals surface area contributed by atoms with Crippen molar-refractivity contribution in [3.8, 4) is 11.5 Å². The van der Waals surface area contributed by atoms with Crippen LogP contribution in [-0.4, -0.2) is 31.8 Å². The number of nitro benzene ring substituents is 1. The van der Waals surface area contributed by atoms with Gasteiger partial charge in [-0.3, -0.25) is 10.1 Å². The van der Waals surface area contributed by atoms with E-state index in [1.54, 1.807) is 0 Å². The first-order valence-corrected chi connectivity index (χ1v) is 9.16. The minimum Gasteiger partial charge on any atom is -0.502 e. The topological polar surface area (TPSA) is 131 Å². The predicted octanol–water partition coefficient (Wildman–Crippen LogP) is 2.23. The van der Waals surface area contributed by atoms with Gasteiger partial charge in [-0.15, -0.1) is 0 Å². The maximum absolute atomic E-state index is 12.1. The van der Waals surface area contributed by atoms with E-state index < -0.39 is 26.4 Å². The molecule has 0 saturated heterocycles. The van der Waals surface area contributed by atoms with Gasteiger partial charge in [-0.25, -0.2) is 4.83 Å². The Bertz CT molecular complexity index is 928. The summed E-state index contributed by atoms with van der Waals surface area (Å²) in [5.74, 6) is -0.101. The van der Waals surface area contributed by atoms with E-state index >= 15 is 0 Å². The van der Waals surface area contributed by atoms with Gasteiger partial charge in [0.2, 0.25) is 5.75 Å². The first kappa shape index (κ1) is 18.9. The second-order valence-corrected chi connectivity index (χ2v) is 7.55. The van der Waals surface area contributed by atoms with Crippen LogP contribution in [0, 0.1) is 13.7 Å². The third-order valence-electron chi connectivity index (χ3n) is 3.03. The Kier molecular flexibility index (Phi) is 5.79. The van der Waals surface area contributed by atoms with E-state index in [0.717, 1.165) is 6.21 Å². The molecule has 25 heavy (non-hydrogen) atoms. The van der Waals surface area contributed by atoms with Crippen LogP contribution in [-0.2, 0) is 10.0 Å². The number of phenols is 1. The summed E-state index contributed by atoms with van der Waals surface area (Å²) >= 11 is 1.84. The van der Waals surface area contributed by atoms with E-state index in [0.29, 0.717) is 9.32 Å². The first-order chi connectivity index (χ1) is 11.7. The van der Waals surface area contributed by atoms with Gasteiger partial charge in [-0.05, 0) is 52.9 Å². The van der Waals surface area contributed by atoms with Crippen LogP contribution in [0.25, 0.3) is 0 Å². The zero-order valence-corrected chi connectivity index (χ0v) is 15.7. The number of rotatable bonds is 6. The molecule has 0 unspecified atom stereocenters. The number of hydrogen-bond acceptors (Lipinski definition) is 7. The van der Waals surface area contributed by atoms with Crippen LogP contribution in [0.4, 0.5) is 5.69 Å². The van der Waals surface area contributed by atoms with Gasteiger partial charge < -0.3 is 9.84 Å². The lowest BCUT2D eigenvalue weighted by Gasteiger charge is -2.05. The summed E-state index contributed by atoms with van der Waals surface area (Å²) in [6.07, 6.45) is 0.992. The zero-order valence-electron chi connectivity index (χ0n) is 12.7. The Hall–Kier alpha value is -2.41. The van der Waals surface area contributed by atoms with E-state index in [-0.39, 0.29) is 10.5 Å². The summed E-state index contributed by atoms with van der Waals surface area (Å²) in [5.41, 5.74) is -0.484. The van der Waals surface area contributed by atoms with Gasteiger partial charge in [-0.2, -0.15) is 13.5 Å². The highest BCUT2D eigenvalue weighted by Crippen LogP contribution is 2.30. The molecule has 2 aromatic carbocycles. The second-order valence-electron chi connectivity index (χ2n) is 4.65. The molecule has 0 aromatic heterocycles. The number of methoxy groups -OCH3 is 1. The fourth-order valence-electron chi connectivity index (χ4n) is 1.82. The van der Waals surface area contributed by atoms with Crippen molar-refractivity contribution in [2.24, 2.45) is 5.10 Å². The number of nitro groups is 1. The van der Waals surface area contributed by atoms with Crippen molar-refractivity contribution >= 4 is 44.5 Å². The van der Waals surface area contributed by atoms with Gasteiger partial charge in [0.05, 0.1) is 23.1 Å². The molecule has 0 aliphatic rings. The summed E-state index contributed by atoms with van der Waals surface area (Å²) in [7, 11) is -2.47. The highest BCUT2D eigenvalue weighted by atomic mass is 127. The monoisotopic (exact) mass is 477 g/mol. The number of phenolic OH excluding ortho intramolecular Hbond substituents is 1. The van der Waals surface area contributed by atoms with E-state index in [1.807, 2.05) is 27.4 Å².